The molecule has 0 saturated carbocycles. The van der Waals surface area contributed by atoms with Crippen molar-refractivity contribution >= 4 is 39.3 Å². The summed E-state index contributed by atoms with van der Waals surface area (Å²) in [5, 5.41) is 8.42. The van der Waals surface area contributed by atoms with Gasteiger partial charge in [-0.05, 0) is 77.9 Å². The van der Waals surface area contributed by atoms with E-state index in [9.17, 15) is 0 Å². The Morgan fingerprint density at radius 2 is 1.29 bits per heavy atom. The molecule has 2 heterocycles. The Balaban J connectivity index is 1.26. The Labute approximate surface area is 328 Å². The molecular weight excluding hydrogens is 685 g/mol. The van der Waals surface area contributed by atoms with Crippen molar-refractivity contribution in [3.8, 4) is 34.2 Å². The fourth-order valence-electron chi connectivity index (χ4n) is 7.49. The van der Waals surface area contributed by atoms with Crippen LogP contribution in [-0.4, -0.2) is 21.0 Å². The zero-order valence-electron chi connectivity index (χ0n) is 32.4. The molecule has 3 atom stereocenters. The third-order valence-corrected chi connectivity index (χ3v) is 10.9. The molecule has 0 aliphatic heterocycles. The van der Waals surface area contributed by atoms with Gasteiger partial charge in [-0.2, -0.15) is 0 Å². The van der Waals surface area contributed by atoms with Gasteiger partial charge in [-0.1, -0.05) is 159 Å². The van der Waals surface area contributed by atoms with Gasteiger partial charge in [-0.25, -0.2) is 15.0 Å². The average molecular weight is 731 g/mol. The smallest absolute Gasteiger partial charge is 0.164 e. The molecule has 8 rings (SSSR count). The van der Waals surface area contributed by atoms with E-state index >= 15 is 0 Å². The number of benzene rings is 6. The number of rotatable bonds is 11. The highest BCUT2D eigenvalue weighted by molar-refractivity contribution is 6.12. The summed E-state index contributed by atoms with van der Waals surface area (Å²) in [6.45, 7) is 9.02. The molecule has 5 nitrogen and oxygen atoms in total. The molecule has 276 valence electrons. The highest BCUT2D eigenvalue weighted by Gasteiger charge is 2.22. The van der Waals surface area contributed by atoms with E-state index in [4.69, 9.17) is 19.4 Å². The van der Waals surface area contributed by atoms with Crippen molar-refractivity contribution in [2.45, 2.75) is 40.2 Å². The maximum atomic E-state index is 6.50. The Kier molecular flexibility index (Phi) is 10.7. The number of aromatic nitrogens is 3. The van der Waals surface area contributed by atoms with E-state index in [-0.39, 0.29) is 6.04 Å². The van der Waals surface area contributed by atoms with Crippen molar-refractivity contribution < 1.29 is 4.42 Å². The molecular formula is C51H46N4O. The van der Waals surface area contributed by atoms with Crippen molar-refractivity contribution in [2.24, 2.45) is 11.8 Å². The van der Waals surface area contributed by atoms with E-state index in [1.54, 1.807) is 0 Å². The van der Waals surface area contributed by atoms with Gasteiger partial charge in [0.15, 0.2) is 17.5 Å². The molecule has 0 aliphatic carbocycles. The lowest BCUT2D eigenvalue weighted by Gasteiger charge is -2.28. The molecule has 0 fully saturated rings. The molecule has 0 spiro atoms. The summed E-state index contributed by atoms with van der Waals surface area (Å²) in [6, 6.07) is 52.1. The second kappa shape index (κ2) is 16.4. The van der Waals surface area contributed by atoms with E-state index in [1.165, 1.54) is 21.6 Å². The van der Waals surface area contributed by atoms with Crippen LogP contribution in [-0.2, 0) is 0 Å². The fourth-order valence-corrected chi connectivity index (χ4v) is 7.49. The molecule has 2 unspecified atom stereocenters. The normalized spacial score (nSPS) is 14.2. The number of nitrogens with zero attached hydrogens (tertiary/aromatic N) is 3. The predicted octanol–water partition coefficient (Wildman–Crippen LogP) is 11.5. The van der Waals surface area contributed by atoms with Crippen molar-refractivity contribution in [2.75, 3.05) is 5.32 Å². The van der Waals surface area contributed by atoms with E-state index in [2.05, 4.69) is 130 Å². The summed E-state index contributed by atoms with van der Waals surface area (Å²) >= 11 is 0. The predicted molar refractivity (Wildman–Crippen MR) is 233 cm³/mol. The Morgan fingerprint density at radius 3 is 1.96 bits per heavy atom. The quantitative estimate of drug-likeness (QED) is 0.134. The van der Waals surface area contributed by atoms with Crippen LogP contribution in [0.15, 0.2) is 168 Å². The molecule has 2 aromatic heterocycles. The van der Waals surface area contributed by atoms with Crippen molar-refractivity contribution in [3.63, 3.8) is 0 Å². The Bertz CT molecular complexity index is 2700. The minimum Gasteiger partial charge on any atom is -0.456 e. The minimum atomic E-state index is 0.0421. The van der Waals surface area contributed by atoms with Crippen LogP contribution in [0.2, 0.25) is 0 Å². The van der Waals surface area contributed by atoms with Crippen LogP contribution in [0, 0.1) is 11.8 Å². The van der Waals surface area contributed by atoms with Crippen LogP contribution in [0.3, 0.4) is 0 Å². The number of hydrogen-bond acceptors (Lipinski definition) is 5. The SMILES string of the molecule is C/C=C\C[C@@H](C)C(C)C(/C=c1/cccc/c1=C(/C)c1ccccc1)Nc1ccc2oc3cccc(-c4nc(-c5ccccc5)nc(-c5ccccc5)n4)c3c2c1. The molecule has 0 bridgehead atoms. The lowest BCUT2D eigenvalue weighted by molar-refractivity contribution is 0.380. The summed E-state index contributed by atoms with van der Waals surface area (Å²) in [5.41, 5.74) is 7.87. The van der Waals surface area contributed by atoms with E-state index in [0.717, 1.165) is 50.7 Å². The van der Waals surface area contributed by atoms with E-state index < -0.39 is 0 Å². The molecule has 1 N–H and O–H groups in total. The monoisotopic (exact) mass is 730 g/mol. The largest absolute Gasteiger partial charge is 0.456 e. The molecule has 5 heteroatoms. The lowest BCUT2D eigenvalue weighted by atomic mass is 9.85. The maximum Gasteiger partial charge on any atom is 0.164 e. The number of allylic oxidation sites excluding steroid dienone is 2. The van der Waals surface area contributed by atoms with Crippen LogP contribution < -0.4 is 15.8 Å². The second-order valence-electron chi connectivity index (χ2n) is 14.6. The third kappa shape index (κ3) is 7.67. The van der Waals surface area contributed by atoms with Gasteiger partial charge in [0, 0.05) is 39.2 Å². The number of hydrogen-bond donors (Lipinski definition) is 1. The number of fused-ring (bicyclic) bond motifs is 3. The molecule has 6 aromatic carbocycles. The fraction of sp³-hybridized carbons (Fsp3) is 0.157. The highest BCUT2D eigenvalue weighted by atomic mass is 16.3. The van der Waals surface area contributed by atoms with E-state index in [1.807, 2.05) is 72.8 Å². The minimum absolute atomic E-state index is 0.0421. The van der Waals surface area contributed by atoms with Gasteiger partial charge in [-0.15, -0.1) is 0 Å². The highest BCUT2D eigenvalue weighted by Crippen LogP contribution is 2.38. The maximum absolute atomic E-state index is 6.50. The van der Waals surface area contributed by atoms with Gasteiger partial charge >= 0.3 is 0 Å². The number of furan rings is 1. The Hall–Kier alpha value is -6.59. The van der Waals surface area contributed by atoms with Gasteiger partial charge < -0.3 is 9.73 Å². The molecule has 8 aromatic rings. The average Bonchev–Trinajstić information content (AvgIpc) is 3.64. The van der Waals surface area contributed by atoms with Crippen molar-refractivity contribution in [1.29, 1.82) is 0 Å². The zero-order valence-corrected chi connectivity index (χ0v) is 32.4. The van der Waals surface area contributed by atoms with Gasteiger partial charge in [0.2, 0.25) is 0 Å². The van der Waals surface area contributed by atoms with Crippen LogP contribution in [0.4, 0.5) is 5.69 Å². The number of anilines is 1. The van der Waals surface area contributed by atoms with Gasteiger partial charge in [-0.3, -0.25) is 0 Å². The summed E-state index contributed by atoms with van der Waals surface area (Å²) < 4.78 is 6.50. The summed E-state index contributed by atoms with van der Waals surface area (Å²) in [6.07, 6.45) is 7.86. The molecule has 0 aliphatic rings. The summed E-state index contributed by atoms with van der Waals surface area (Å²) in [5.74, 6) is 2.62. The number of nitrogens with one attached hydrogen (secondary N) is 1. The molecule has 56 heavy (non-hydrogen) atoms. The first-order chi connectivity index (χ1) is 27.5. The molecule has 0 saturated heterocycles. The van der Waals surface area contributed by atoms with E-state index in [0.29, 0.717) is 29.3 Å². The first-order valence-corrected chi connectivity index (χ1v) is 19.5. The summed E-state index contributed by atoms with van der Waals surface area (Å²) in [4.78, 5) is 15.1. The molecule has 0 amide bonds. The van der Waals surface area contributed by atoms with Gasteiger partial charge in [0.05, 0.1) is 0 Å². The van der Waals surface area contributed by atoms with Gasteiger partial charge in [0.25, 0.3) is 0 Å². The van der Waals surface area contributed by atoms with Crippen LogP contribution in [0.5, 0.6) is 0 Å². The second-order valence-corrected chi connectivity index (χ2v) is 14.6. The first-order valence-electron chi connectivity index (χ1n) is 19.5. The van der Waals surface area contributed by atoms with Gasteiger partial charge in [0.1, 0.15) is 11.2 Å². The van der Waals surface area contributed by atoms with Crippen molar-refractivity contribution in [3.05, 3.63) is 180 Å². The van der Waals surface area contributed by atoms with Crippen molar-refractivity contribution in [1.82, 2.24) is 15.0 Å². The van der Waals surface area contributed by atoms with Crippen LogP contribution in [0.25, 0.3) is 67.8 Å². The topological polar surface area (TPSA) is 63.8 Å². The molecule has 0 radical (unpaired) electrons. The summed E-state index contributed by atoms with van der Waals surface area (Å²) in [7, 11) is 0. The third-order valence-electron chi connectivity index (χ3n) is 10.9. The van der Waals surface area contributed by atoms with Crippen LogP contribution >= 0.6 is 0 Å². The van der Waals surface area contributed by atoms with Crippen LogP contribution in [0.1, 0.15) is 39.7 Å². The standard InChI is InChI=1S/C51H46N4O/c1-5-6-19-34(2)35(3)45(32-40-26-16-17-27-42(40)36(4)37-20-10-7-11-21-37)52-41-30-31-46-44(33-41)48-43(28-18-29-47(48)56-46)51-54-49(38-22-12-8-13-23-38)53-50(55-51)39-24-14-9-15-25-39/h5-18,20-35,45,52H,19H2,1-4H3/b6-5-,40-32-,42-36+/t34-,35?,45?/m1/s1. The lowest BCUT2D eigenvalue weighted by Crippen LogP contribution is -2.35. The Morgan fingerprint density at radius 1 is 0.661 bits per heavy atom. The zero-order chi connectivity index (χ0) is 38.4. The first kappa shape index (κ1) is 36.4.